The number of hydrogen-bond acceptors (Lipinski definition) is 2. The van der Waals surface area contributed by atoms with Gasteiger partial charge in [-0.2, -0.15) is 0 Å². The van der Waals surface area contributed by atoms with Crippen LogP contribution < -0.4 is 5.32 Å². The molecule has 1 aliphatic heterocycles. The van der Waals surface area contributed by atoms with E-state index in [9.17, 15) is 0 Å². The predicted molar refractivity (Wildman–Crippen MR) is 90.2 cm³/mol. The molecule has 0 unspecified atom stereocenters. The van der Waals surface area contributed by atoms with Crippen molar-refractivity contribution in [3.8, 4) is 0 Å². The molecule has 1 fully saturated rings. The summed E-state index contributed by atoms with van der Waals surface area (Å²) in [4.78, 5) is 6.54. The molecular formula is C17H19N3S. The third kappa shape index (κ3) is 3.39. The normalized spacial score (nSPS) is 18.3. The van der Waals surface area contributed by atoms with E-state index in [1.54, 1.807) is 0 Å². The van der Waals surface area contributed by atoms with Crippen molar-refractivity contribution in [2.24, 2.45) is 0 Å². The standard InChI is InChI=1S/C17H19N3S/c21-17(19-15-8-2-1-3-9-15)20-12-5-4-10-16(20)14-7-6-11-18-13-14/h1-3,6-9,11,13,16H,4-5,10,12H2,(H,19,21)/t16-/m1/s1. The van der Waals surface area contributed by atoms with E-state index in [1.807, 2.05) is 48.8 Å². The number of anilines is 1. The minimum Gasteiger partial charge on any atom is -0.342 e. The first-order valence-corrected chi connectivity index (χ1v) is 7.78. The fraction of sp³-hybridized carbons (Fsp3) is 0.294. The first kappa shape index (κ1) is 14.0. The molecule has 0 radical (unpaired) electrons. The Morgan fingerprint density at radius 2 is 2.00 bits per heavy atom. The number of likely N-dealkylation sites (tertiary alicyclic amines) is 1. The molecule has 2 aromatic rings. The average molecular weight is 297 g/mol. The van der Waals surface area contributed by atoms with Crippen LogP contribution >= 0.6 is 12.2 Å². The van der Waals surface area contributed by atoms with Gasteiger partial charge < -0.3 is 10.2 Å². The summed E-state index contributed by atoms with van der Waals surface area (Å²) in [6.45, 7) is 0.998. The van der Waals surface area contributed by atoms with Gasteiger partial charge in [0.25, 0.3) is 0 Å². The second kappa shape index (κ2) is 6.68. The van der Waals surface area contributed by atoms with Crippen LogP contribution in [-0.4, -0.2) is 21.5 Å². The Kier molecular flexibility index (Phi) is 4.46. The van der Waals surface area contributed by atoms with Crippen LogP contribution in [0.25, 0.3) is 0 Å². The summed E-state index contributed by atoms with van der Waals surface area (Å²) in [6.07, 6.45) is 7.32. The van der Waals surface area contributed by atoms with Gasteiger partial charge in [-0.1, -0.05) is 24.3 Å². The van der Waals surface area contributed by atoms with Crippen molar-refractivity contribution in [3.63, 3.8) is 0 Å². The van der Waals surface area contributed by atoms with Gasteiger partial charge in [-0.3, -0.25) is 4.98 Å². The molecule has 21 heavy (non-hydrogen) atoms. The Bertz CT molecular complexity index is 585. The van der Waals surface area contributed by atoms with Gasteiger partial charge >= 0.3 is 0 Å². The van der Waals surface area contributed by atoms with E-state index < -0.39 is 0 Å². The number of nitrogens with zero attached hydrogens (tertiary/aromatic N) is 2. The Morgan fingerprint density at radius 1 is 1.14 bits per heavy atom. The maximum Gasteiger partial charge on any atom is 0.173 e. The number of aromatic nitrogens is 1. The van der Waals surface area contributed by atoms with E-state index in [-0.39, 0.29) is 0 Å². The Labute approximate surface area is 131 Å². The summed E-state index contributed by atoms with van der Waals surface area (Å²) < 4.78 is 0. The molecule has 1 saturated heterocycles. The number of nitrogens with one attached hydrogen (secondary N) is 1. The molecule has 108 valence electrons. The van der Waals surface area contributed by atoms with Gasteiger partial charge in [-0.25, -0.2) is 0 Å². The summed E-state index contributed by atoms with van der Waals surface area (Å²) in [5.41, 5.74) is 2.28. The summed E-state index contributed by atoms with van der Waals surface area (Å²) >= 11 is 5.63. The zero-order valence-electron chi connectivity index (χ0n) is 11.9. The molecule has 4 heteroatoms. The van der Waals surface area contributed by atoms with Crippen molar-refractivity contribution < 1.29 is 0 Å². The van der Waals surface area contributed by atoms with E-state index in [4.69, 9.17) is 12.2 Å². The zero-order valence-corrected chi connectivity index (χ0v) is 12.7. The lowest BCUT2D eigenvalue weighted by Gasteiger charge is -2.37. The van der Waals surface area contributed by atoms with Crippen molar-refractivity contribution in [3.05, 3.63) is 60.4 Å². The van der Waals surface area contributed by atoms with Gasteiger partial charge in [0.05, 0.1) is 6.04 Å². The highest BCUT2D eigenvalue weighted by molar-refractivity contribution is 7.80. The monoisotopic (exact) mass is 297 g/mol. The maximum absolute atomic E-state index is 5.63. The largest absolute Gasteiger partial charge is 0.342 e. The van der Waals surface area contributed by atoms with Crippen LogP contribution in [-0.2, 0) is 0 Å². The smallest absolute Gasteiger partial charge is 0.173 e. The number of benzene rings is 1. The van der Waals surface area contributed by atoms with Crippen LogP contribution in [0.5, 0.6) is 0 Å². The van der Waals surface area contributed by atoms with Crippen LogP contribution in [0.1, 0.15) is 30.9 Å². The molecule has 1 aromatic heterocycles. The third-order valence-corrected chi connectivity index (χ3v) is 4.19. The second-order valence-electron chi connectivity index (χ2n) is 5.29. The highest BCUT2D eigenvalue weighted by atomic mass is 32.1. The Hall–Kier alpha value is -1.94. The molecule has 0 spiro atoms. The van der Waals surface area contributed by atoms with Crippen LogP contribution in [0.15, 0.2) is 54.9 Å². The van der Waals surface area contributed by atoms with Crippen LogP contribution in [0.4, 0.5) is 5.69 Å². The van der Waals surface area contributed by atoms with Gasteiger partial charge in [0.2, 0.25) is 0 Å². The van der Waals surface area contributed by atoms with Gasteiger partial charge in [-0.05, 0) is 55.2 Å². The van der Waals surface area contributed by atoms with Crippen molar-refractivity contribution in [2.45, 2.75) is 25.3 Å². The summed E-state index contributed by atoms with van der Waals surface area (Å²) in [7, 11) is 0. The lowest BCUT2D eigenvalue weighted by Crippen LogP contribution is -2.41. The number of piperidine rings is 1. The van der Waals surface area contributed by atoms with E-state index in [0.717, 1.165) is 23.8 Å². The summed E-state index contributed by atoms with van der Waals surface area (Å²) in [6, 6.07) is 14.6. The van der Waals surface area contributed by atoms with Gasteiger partial charge in [0.15, 0.2) is 5.11 Å². The van der Waals surface area contributed by atoms with E-state index in [0.29, 0.717) is 6.04 Å². The van der Waals surface area contributed by atoms with Crippen LogP contribution in [0.2, 0.25) is 0 Å². The fourth-order valence-corrected chi connectivity index (χ4v) is 3.15. The van der Waals surface area contributed by atoms with Gasteiger partial charge in [0, 0.05) is 24.6 Å². The molecule has 2 heterocycles. The molecule has 0 aliphatic carbocycles. The molecule has 3 nitrogen and oxygen atoms in total. The predicted octanol–water partition coefficient (Wildman–Crippen LogP) is 4.01. The Balaban J connectivity index is 1.76. The number of rotatable bonds is 2. The number of thiocarbonyl (C=S) groups is 1. The second-order valence-corrected chi connectivity index (χ2v) is 5.67. The molecule has 1 N–H and O–H groups in total. The van der Waals surface area contributed by atoms with Crippen molar-refractivity contribution >= 4 is 23.0 Å². The number of para-hydroxylation sites is 1. The van der Waals surface area contributed by atoms with Gasteiger partial charge in [0.1, 0.15) is 0 Å². The van der Waals surface area contributed by atoms with Crippen LogP contribution in [0.3, 0.4) is 0 Å². The number of pyridine rings is 1. The lowest BCUT2D eigenvalue weighted by molar-refractivity contribution is 0.248. The first-order valence-electron chi connectivity index (χ1n) is 7.37. The van der Waals surface area contributed by atoms with Crippen LogP contribution in [0, 0.1) is 0 Å². The molecule has 0 saturated carbocycles. The average Bonchev–Trinajstić information content (AvgIpc) is 2.56. The quantitative estimate of drug-likeness (QED) is 0.848. The molecule has 0 amide bonds. The van der Waals surface area contributed by atoms with E-state index in [2.05, 4.69) is 21.3 Å². The van der Waals surface area contributed by atoms with Crippen molar-refractivity contribution in [1.29, 1.82) is 0 Å². The fourth-order valence-electron chi connectivity index (χ4n) is 2.81. The molecule has 1 atom stereocenters. The summed E-state index contributed by atoms with van der Waals surface area (Å²) in [5.74, 6) is 0. The highest BCUT2D eigenvalue weighted by Gasteiger charge is 2.25. The molecule has 0 bridgehead atoms. The van der Waals surface area contributed by atoms with E-state index >= 15 is 0 Å². The van der Waals surface area contributed by atoms with E-state index in [1.165, 1.54) is 18.4 Å². The SMILES string of the molecule is S=C(Nc1ccccc1)N1CCCC[C@@H]1c1cccnc1. The molecular weight excluding hydrogens is 278 g/mol. The third-order valence-electron chi connectivity index (χ3n) is 3.86. The minimum absolute atomic E-state index is 0.330. The Morgan fingerprint density at radius 3 is 2.76 bits per heavy atom. The topological polar surface area (TPSA) is 28.2 Å². The first-order chi connectivity index (χ1) is 10.3. The highest BCUT2D eigenvalue weighted by Crippen LogP contribution is 2.30. The molecule has 1 aliphatic rings. The summed E-state index contributed by atoms with van der Waals surface area (Å²) in [5, 5.41) is 4.15. The minimum atomic E-state index is 0.330. The zero-order chi connectivity index (χ0) is 14.5. The van der Waals surface area contributed by atoms with Gasteiger partial charge in [-0.15, -0.1) is 0 Å². The van der Waals surface area contributed by atoms with Crippen molar-refractivity contribution in [2.75, 3.05) is 11.9 Å². The lowest BCUT2D eigenvalue weighted by atomic mass is 9.97. The molecule has 1 aromatic carbocycles. The molecule has 3 rings (SSSR count). The van der Waals surface area contributed by atoms with Crippen molar-refractivity contribution in [1.82, 2.24) is 9.88 Å². The number of hydrogen-bond donors (Lipinski definition) is 1. The maximum atomic E-state index is 5.63.